The third-order valence-electron chi connectivity index (χ3n) is 2.63. The molecule has 0 aromatic heterocycles. The number of aromatic hydroxyl groups is 1. The van der Waals surface area contributed by atoms with E-state index in [-0.39, 0.29) is 5.56 Å². The minimum Gasteiger partial charge on any atom is -0.505 e. The van der Waals surface area contributed by atoms with Crippen LogP contribution in [0.1, 0.15) is 5.56 Å². The summed E-state index contributed by atoms with van der Waals surface area (Å²) in [6.07, 6.45) is 0. The van der Waals surface area contributed by atoms with Crippen molar-refractivity contribution in [2.24, 2.45) is 0 Å². The van der Waals surface area contributed by atoms with Crippen molar-refractivity contribution in [1.29, 1.82) is 0 Å². The number of halogens is 4. The molecule has 0 bridgehead atoms. The summed E-state index contributed by atoms with van der Waals surface area (Å²) in [6.45, 7) is 1.36. The van der Waals surface area contributed by atoms with E-state index in [1.54, 1.807) is 0 Å². The first kappa shape index (κ1) is 12.4. The van der Waals surface area contributed by atoms with Gasteiger partial charge in [0.05, 0.1) is 0 Å². The van der Waals surface area contributed by atoms with E-state index in [9.17, 15) is 17.6 Å². The Bertz CT molecular complexity index is 567. The third-order valence-corrected chi connectivity index (χ3v) is 2.63. The van der Waals surface area contributed by atoms with Crippen molar-refractivity contribution in [1.82, 2.24) is 0 Å². The predicted molar refractivity (Wildman–Crippen MR) is 58.1 cm³/mol. The zero-order chi connectivity index (χ0) is 13.4. The van der Waals surface area contributed by atoms with Gasteiger partial charge in [-0.3, -0.25) is 0 Å². The van der Waals surface area contributed by atoms with Crippen LogP contribution in [0.4, 0.5) is 17.6 Å². The molecule has 0 radical (unpaired) electrons. The fourth-order valence-electron chi connectivity index (χ4n) is 1.60. The van der Waals surface area contributed by atoms with Gasteiger partial charge in [-0.2, -0.15) is 4.39 Å². The van der Waals surface area contributed by atoms with Crippen molar-refractivity contribution in [2.45, 2.75) is 6.92 Å². The molecule has 1 nitrogen and oxygen atoms in total. The lowest BCUT2D eigenvalue weighted by atomic mass is 10.0. The minimum atomic E-state index is -1.49. The molecule has 18 heavy (non-hydrogen) atoms. The topological polar surface area (TPSA) is 20.2 Å². The molecule has 0 fully saturated rings. The summed E-state index contributed by atoms with van der Waals surface area (Å²) in [6, 6.07) is 4.28. The monoisotopic (exact) mass is 256 g/mol. The van der Waals surface area contributed by atoms with Gasteiger partial charge < -0.3 is 5.11 Å². The van der Waals surface area contributed by atoms with Gasteiger partial charge in [-0.05, 0) is 24.6 Å². The number of aryl methyl sites for hydroxylation is 1. The summed E-state index contributed by atoms with van der Waals surface area (Å²) in [5.74, 6) is -6.16. The Morgan fingerprint density at radius 2 is 1.22 bits per heavy atom. The van der Waals surface area contributed by atoms with Crippen LogP contribution in [0, 0.1) is 30.2 Å². The van der Waals surface area contributed by atoms with Crippen LogP contribution >= 0.6 is 0 Å². The predicted octanol–water partition coefficient (Wildman–Crippen LogP) is 3.92. The van der Waals surface area contributed by atoms with Crippen LogP contribution in [0.15, 0.2) is 24.3 Å². The molecule has 0 amide bonds. The van der Waals surface area contributed by atoms with Crippen molar-refractivity contribution in [2.75, 3.05) is 0 Å². The quantitative estimate of drug-likeness (QED) is 0.766. The first-order chi connectivity index (χ1) is 8.43. The van der Waals surface area contributed by atoms with Gasteiger partial charge in [-0.15, -0.1) is 0 Å². The second-order valence-corrected chi connectivity index (χ2v) is 3.82. The van der Waals surface area contributed by atoms with Crippen molar-refractivity contribution in [3.63, 3.8) is 0 Å². The van der Waals surface area contributed by atoms with Gasteiger partial charge >= 0.3 is 0 Å². The number of phenols is 1. The number of rotatable bonds is 1. The lowest BCUT2D eigenvalue weighted by molar-refractivity contribution is 0.407. The van der Waals surface area contributed by atoms with Crippen LogP contribution in [0.2, 0.25) is 0 Å². The van der Waals surface area contributed by atoms with E-state index in [0.29, 0.717) is 0 Å². The summed E-state index contributed by atoms with van der Waals surface area (Å²) in [7, 11) is 0. The molecule has 94 valence electrons. The Morgan fingerprint density at radius 1 is 0.722 bits per heavy atom. The molecule has 0 heterocycles. The molecule has 0 unspecified atom stereocenters. The highest BCUT2D eigenvalue weighted by Crippen LogP contribution is 2.32. The van der Waals surface area contributed by atoms with Crippen LogP contribution < -0.4 is 0 Å². The number of benzene rings is 2. The van der Waals surface area contributed by atoms with Gasteiger partial charge in [0, 0.05) is 11.1 Å². The Kier molecular flexibility index (Phi) is 2.98. The van der Waals surface area contributed by atoms with E-state index in [0.717, 1.165) is 18.2 Å². The van der Waals surface area contributed by atoms with E-state index >= 15 is 0 Å². The molecule has 5 heteroatoms. The van der Waals surface area contributed by atoms with Crippen LogP contribution in [-0.4, -0.2) is 5.11 Å². The number of hydrogen-bond acceptors (Lipinski definition) is 1. The molecular formula is C13H8F4O. The molecule has 2 rings (SSSR count). The average molecular weight is 256 g/mol. The summed E-state index contributed by atoms with van der Waals surface area (Å²) < 4.78 is 53.7. The molecule has 0 atom stereocenters. The Balaban J connectivity index is 2.71. The minimum absolute atomic E-state index is 0.0657. The van der Waals surface area contributed by atoms with E-state index in [2.05, 4.69) is 0 Å². The first-order valence-electron chi connectivity index (χ1n) is 5.05. The molecule has 2 aromatic carbocycles. The lowest BCUT2D eigenvalue weighted by Gasteiger charge is -2.08. The van der Waals surface area contributed by atoms with Crippen molar-refractivity contribution in [3.05, 3.63) is 53.1 Å². The maximum atomic E-state index is 13.6. The van der Waals surface area contributed by atoms with Gasteiger partial charge in [-0.25, -0.2) is 13.2 Å². The highest BCUT2D eigenvalue weighted by molar-refractivity contribution is 5.66. The molecule has 1 N–H and O–H groups in total. The molecule has 0 spiro atoms. The molecule has 2 aromatic rings. The van der Waals surface area contributed by atoms with Crippen LogP contribution in [0.3, 0.4) is 0 Å². The van der Waals surface area contributed by atoms with Crippen LogP contribution in [-0.2, 0) is 0 Å². The van der Waals surface area contributed by atoms with Crippen LogP contribution in [0.5, 0.6) is 5.75 Å². The maximum Gasteiger partial charge on any atom is 0.200 e. The summed E-state index contributed by atoms with van der Waals surface area (Å²) >= 11 is 0. The smallest absolute Gasteiger partial charge is 0.200 e. The zero-order valence-electron chi connectivity index (χ0n) is 9.27. The normalized spacial score (nSPS) is 10.7. The highest BCUT2D eigenvalue weighted by Gasteiger charge is 2.19. The molecule has 0 saturated heterocycles. The van der Waals surface area contributed by atoms with E-state index in [1.807, 2.05) is 0 Å². The largest absolute Gasteiger partial charge is 0.505 e. The average Bonchev–Trinajstić information content (AvgIpc) is 2.35. The Labute approximate surface area is 100 Å². The Hall–Kier alpha value is -2.04. The van der Waals surface area contributed by atoms with Crippen LogP contribution in [0.25, 0.3) is 11.1 Å². The SMILES string of the molecule is Cc1ccc(-c2ccc(O)c(F)c2F)c(F)c1F. The van der Waals surface area contributed by atoms with Gasteiger partial charge in [0.1, 0.15) is 0 Å². The molecular weight excluding hydrogens is 248 g/mol. The molecule has 0 saturated carbocycles. The fraction of sp³-hybridized carbons (Fsp3) is 0.0769. The fourth-order valence-corrected chi connectivity index (χ4v) is 1.60. The van der Waals surface area contributed by atoms with E-state index in [1.165, 1.54) is 13.0 Å². The summed E-state index contributed by atoms with van der Waals surface area (Å²) in [5, 5.41) is 8.96. The molecule has 0 aliphatic rings. The van der Waals surface area contributed by atoms with E-state index in [4.69, 9.17) is 5.11 Å². The summed E-state index contributed by atoms with van der Waals surface area (Å²) in [4.78, 5) is 0. The Morgan fingerprint density at radius 3 is 1.83 bits per heavy atom. The van der Waals surface area contributed by atoms with Gasteiger partial charge in [0.25, 0.3) is 0 Å². The van der Waals surface area contributed by atoms with Gasteiger partial charge in [0.2, 0.25) is 5.82 Å². The molecule has 0 aliphatic heterocycles. The van der Waals surface area contributed by atoms with Crippen molar-refractivity contribution < 1.29 is 22.7 Å². The van der Waals surface area contributed by atoms with Gasteiger partial charge in [-0.1, -0.05) is 12.1 Å². The van der Waals surface area contributed by atoms with Crippen molar-refractivity contribution >= 4 is 0 Å². The van der Waals surface area contributed by atoms with Gasteiger partial charge in [0.15, 0.2) is 23.2 Å². The second kappa shape index (κ2) is 4.33. The van der Waals surface area contributed by atoms with Crippen molar-refractivity contribution in [3.8, 4) is 16.9 Å². The standard InChI is InChI=1S/C13H8F4O/c1-6-2-3-7(11(15)10(6)14)8-4-5-9(18)13(17)12(8)16/h2-5,18H,1H3. The molecule has 0 aliphatic carbocycles. The van der Waals surface area contributed by atoms with E-state index < -0.39 is 40.1 Å². The second-order valence-electron chi connectivity index (χ2n) is 3.82. The zero-order valence-corrected chi connectivity index (χ0v) is 9.27. The third kappa shape index (κ3) is 1.81. The maximum absolute atomic E-state index is 13.6. The highest BCUT2D eigenvalue weighted by atomic mass is 19.2. The first-order valence-corrected chi connectivity index (χ1v) is 5.05. The summed E-state index contributed by atoms with van der Waals surface area (Å²) in [5.41, 5.74) is -0.771. The number of phenolic OH excluding ortho intramolecular Hbond substituents is 1. The lowest BCUT2D eigenvalue weighted by Crippen LogP contribution is -1.96. The number of hydrogen-bond donors (Lipinski definition) is 1.